The third-order valence-electron chi connectivity index (χ3n) is 30.5. The molecule has 0 unspecified atom stereocenters. The van der Waals surface area contributed by atoms with Gasteiger partial charge in [0.2, 0.25) is 0 Å². The largest absolute Gasteiger partial charge is 0.309 e. The second-order valence-corrected chi connectivity index (χ2v) is 42.8. The van der Waals surface area contributed by atoms with E-state index >= 15 is 0 Å². The van der Waals surface area contributed by atoms with E-state index in [1.165, 1.54) is 262 Å². The van der Waals surface area contributed by atoms with E-state index in [1.54, 1.807) is 0 Å². The zero-order valence-electron chi connectivity index (χ0n) is 83.7. The van der Waals surface area contributed by atoms with Crippen LogP contribution in [0.15, 0.2) is 473 Å². The quantitative estimate of drug-likeness (QED) is 0.167. The monoisotopic (exact) mass is 1900 g/mol. The molecule has 4 aliphatic carbocycles. The molecular weight excluding hydrogens is 1790 g/mol. The zero-order chi connectivity index (χ0) is 98.5. The highest BCUT2D eigenvalue weighted by Gasteiger charge is 2.52. The maximum Gasteiger partial charge on any atom is 0.0725 e. The van der Waals surface area contributed by atoms with E-state index in [0.717, 1.165) is 0 Å². The van der Waals surface area contributed by atoms with Crippen molar-refractivity contribution in [3.05, 3.63) is 557 Å². The van der Waals surface area contributed by atoms with Crippen molar-refractivity contribution >= 4 is 128 Å². The normalized spacial score (nSPS) is 13.0. The molecule has 0 bridgehead atoms. The molecule has 698 valence electrons. The van der Waals surface area contributed by atoms with Gasteiger partial charge in [0, 0.05) is 101 Å². The van der Waals surface area contributed by atoms with Crippen molar-refractivity contribution in [2.24, 2.45) is 0 Å². The number of para-hydroxylation sites is 5. The maximum absolute atomic E-state index is 2.48. The Bertz CT molecular complexity index is 9450. The molecule has 0 radical (unpaired) electrons. The summed E-state index contributed by atoms with van der Waals surface area (Å²) >= 11 is 3.75. The van der Waals surface area contributed by atoms with Gasteiger partial charge in [0.25, 0.3) is 0 Å². The van der Waals surface area contributed by atoms with Crippen LogP contribution < -0.4 is 0 Å². The van der Waals surface area contributed by atoms with Crippen LogP contribution in [-0.4, -0.2) is 13.7 Å². The molecule has 0 aliphatic heterocycles. The van der Waals surface area contributed by atoms with Crippen molar-refractivity contribution in [2.75, 3.05) is 0 Å². The Labute approximate surface area is 857 Å². The molecule has 0 fully saturated rings. The van der Waals surface area contributed by atoms with Gasteiger partial charge in [0.05, 0.1) is 38.5 Å². The number of aromatic nitrogens is 3. The van der Waals surface area contributed by atoms with Gasteiger partial charge in [-0.2, -0.15) is 0 Å². The topological polar surface area (TPSA) is 14.8 Å². The van der Waals surface area contributed by atoms with Gasteiger partial charge in [0.15, 0.2) is 0 Å². The minimum atomic E-state index is -0.189. The van der Waals surface area contributed by atoms with Crippen molar-refractivity contribution in [1.82, 2.24) is 13.7 Å². The van der Waals surface area contributed by atoms with Gasteiger partial charge in [0.1, 0.15) is 0 Å². The van der Waals surface area contributed by atoms with Crippen molar-refractivity contribution in [2.45, 2.75) is 92.4 Å². The lowest BCUT2D eigenvalue weighted by Gasteiger charge is -2.30. The molecule has 5 aromatic heterocycles. The standard InChI is InChI=1S/C26H18.C25H19N.C25H24.2C19H15N.2C13H10S/c1-17-14-15-21-20-10-4-7-13-24(20)26(25(21)16-17)22-11-5-2-8-18(22)19-9-3-6-12-23(19)26;1-18-12-15-24-23(16-18)22-14-13-20(19-8-4-2-5-9-19)17-25(22)26(24)21-10-6-3-7-11-21;1-15-10-11-17-19-14-22-18(13-23(19)25(4,5)21(17)12-15)16-8-6-7-9-20(16)24(22,2)3;1-14-11-12-19-17(13-14)16-9-5-6-10-18(16)20(19)15-7-3-2-4-8-15;1-14-11-12-17-16-9-5-6-10-18(16)20(19(17)13-14)15-7-3-2-4-8-15;1-9-6-7-13-11(8-9)10-4-2-3-5-12(10)14-13;1-9-6-7-11-10-4-2-3-5-12(10)14-13(11)8-9/h2-16H,1H3;2-17H,1H3;6-14H,1-5H3;2*2-13H,1H3;2*2-8H,1H3. The number of hydrogen-bond donors (Lipinski definition) is 0. The first-order valence-corrected chi connectivity index (χ1v) is 52.3. The number of aryl methyl sites for hydroxylation is 7. The van der Waals surface area contributed by atoms with E-state index in [9.17, 15) is 0 Å². The van der Waals surface area contributed by atoms with Crippen molar-refractivity contribution in [1.29, 1.82) is 0 Å². The predicted molar refractivity (Wildman–Crippen MR) is 624 cm³/mol. The van der Waals surface area contributed by atoms with Crippen LogP contribution in [0, 0.1) is 48.5 Å². The first kappa shape index (κ1) is 91.0. The third-order valence-corrected chi connectivity index (χ3v) is 32.8. The second-order valence-electron chi connectivity index (χ2n) is 40.6. The maximum atomic E-state index is 2.48. The second kappa shape index (κ2) is 37.1. The molecule has 0 N–H and O–H groups in total. The Morgan fingerprint density at radius 3 is 0.979 bits per heavy atom. The summed E-state index contributed by atoms with van der Waals surface area (Å²) in [4.78, 5) is 0. The smallest absolute Gasteiger partial charge is 0.0725 e. The molecule has 30 rings (SSSR count). The number of fused-ring (bicyclic) bond motifs is 31. The van der Waals surface area contributed by atoms with E-state index < -0.39 is 0 Å². The fourth-order valence-corrected chi connectivity index (χ4v) is 25.9. The SMILES string of the molecule is Cc1ccc2c(c1)C(C)(C)c1cc3c(cc1-2)C(C)(C)c1ccccc1-3.Cc1ccc2c(c1)C1(c3ccccc3-c3ccccc31)c1ccccc1-2.Cc1ccc2c(c1)c1ccc(-c3ccccc3)cc1n2-c1ccccc1.Cc1ccc2c(c1)c1ccccc1n2-c1ccccc1.Cc1ccc2c(c1)sc1ccccc12.Cc1ccc2c3ccccc3n(-c3ccccc3)c2c1.Cc1ccc2sc3ccccc3c2c1. The summed E-state index contributed by atoms with van der Waals surface area (Å²) < 4.78 is 12.6. The molecule has 5 heterocycles. The van der Waals surface area contributed by atoms with Crippen LogP contribution in [0.2, 0.25) is 0 Å². The van der Waals surface area contributed by atoms with Crippen LogP contribution in [0.4, 0.5) is 0 Å². The zero-order valence-corrected chi connectivity index (χ0v) is 85.3. The summed E-state index contributed by atoms with van der Waals surface area (Å²) in [6.45, 7) is 24.6. The van der Waals surface area contributed by atoms with Crippen LogP contribution in [-0.2, 0) is 16.2 Å². The van der Waals surface area contributed by atoms with E-state index in [-0.39, 0.29) is 16.2 Å². The summed E-state index contributed by atoms with van der Waals surface area (Å²) in [6.07, 6.45) is 0. The van der Waals surface area contributed by atoms with Crippen LogP contribution in [0.25, 0.3) is 178 Å². The average molecular weight is 1900 g/mol. The van der Waals surface area contributed by atoms with E-state index in [0.29, 0.717) is 0 Å². The number of thiophene rings is 2. The van der Waals surface area contributed by atoms with Crippen LogP contribution in [0.3, 0.4) is 0 Å². The Hall–Kier alpha value is -16.5. The van der Waals surface area contributed by atoms with Crippen LogP contribution in [0.5, 0.6) is 0 Å². The fourth-order valence-electron chi connectivity index (χ4n) is 23.6. The van der Waals surface area contributed by atoms with Crippen LogP contribution in [0.1, 0.15) is 111 Å². The minimum absolute atomic E-state index is 0.0629. The Balaban J connectivity index is 0.0000000918. The first-order chi connectivity index (χ1) is 70.8. The van der Waals surface area contributed by atoms with Gasteiger partial charge in [-0.1, -0.05) is 401 Å². The summed E-state index contributed by atoms with van der Waals surface area (Å²) in [6, 6.07) is 172. The Morgan fingerprint density at radius 2 is 0.455 bits per heavy atom. The van der Waals surface area contributed by atoms with Gasteiger partial charge in [-0.3, -0.25) is 0 Å². The van der Waals surface area contributed by atoms with E-state index in [4.69, 9.17) is 0 Å². The number of hydrogen-bond acceptors (Lipinski definition) is 2. The molecule has 145 heavy (non-hydrogen) atoms. The lowest BCUT2D eigenvalue weighted by atomic mass is 9.70. The summed E-state index contributed by atoms with van der Waals surface area (Å²) in [5, 5.41) is 13.4. The molecule has 0 saturated carbocycles. The highest BCUT2D eigenvalue weighted by molar-refractivity contribution is 7.26. The molecule has 1 spiro atoms. The van der Waals surface area contributed by atoms with Gasteiger partial charge in [-0.25, -0.2) is 0 Å². The molecule has 5 heteroatoms. The Morgan fingerprint density at radius 1 is 0.159 bits per heavy atom. The third kappa shape index (κ3) is 15.9. The number of rotatable bonds is 4. The van der Waals surface area contributed by atoms with E-state index in [2.05, 4.69) is 563 Å². The Kier molecular flexibility index (Phi) is 23.3. The van der Waals surface area contributed by atoms with Crippen molar-refractivity contribution < 1.29 is 0 Å². The van der Waals surface area contributed by atoms with Crippen molar-refractivity contribution in [3.63, 3.8) is 0 Å². The number of benzene rings is 21. The molecule has 0 atom stereocenters. The van der Waals surface area contributed by atoms with Gasteiger partial charge in [-0.05, 0) is 287 Å². The lowest BCUT2D eigenvalue weighted by Crippen LogP contribution is -2.25. The summed E-state index contributed by atoms with van der Waals surface area (Å²) in [7, 11) is 0. The fraction of sp³-hybridized carbons (Fsp3) is 0.100. The highest BCUT2D eigenvalue weighted by atomic mass is 32.1. The number of nitrogens with zero attached hydrogens (tertiary/aromatic N) is 3. The predicted octanol–water partition coefficient (Wildman–Crippen LogP) is 38.6. The van der Waals surface area contributed by atoms with Gasteiger partial charge in [-0.15, -0.1) is 22.7 Å². The molecular formula is C140H111N3S2. The molecule has 0 saturated heterocycles. The van der Waals surface area contributed by atoms with Gasteiger partial charge >= 0.3 is 0 Å². The van der Waals surface area contributed by atoms with Crippen LogP contribution >= 0.6 is 22.7 Å². The minimum Gasteiger partial charge on any atom is -0.309 e. The van der Waals surface area contributed by atoms with Gasteiger partial charge < -0.3 is 13.7 Å². The molecule has 4 aliphatic rings. The molecule has 21 aromatic carbocycles. The van der Waals surface area contributed by atoms with E-state index in [1.807, 2.05) is 22.7 Å². The molecule has 3 nitrogen and oxygen atoms in total. The first-order valence-electron chi connectivity index (χ1n) is 50.6. The summed E-state index contributed by atoms with van der Waals surface area (Å²) in [5.41, 5.74) is 45.5. The molecule has 0 amide bonds. The lowest BCUT2D eigenvalue weighted by molar-refractivity contribution is 0.651. The highest BCUT2D eigenvalue weighted by Crippen LogP contribution is 2.63. The summed E-state index contributed by atoms with van der Waals surface area (Å²) in [5.74, 6) is 0. The average Bonchev–Trinajstić information content (AvgIpc) is 1.50. The van der Waals surface area contributed by atoms with Crippen molar-refractivity contribution in [3.8, 4) is 72.7 Å². The molecule has 26 aromatic rings.